The molecule has 1 radical (unpaired) electrons. The van der Waals surface area contributed by atoms with Crippen LogP contribution >= 0.6 is 0 Å². The molecule has 0 heterocycles. The summed E-state index contributed by atoms with van der Waals surface area (Å²) in [5.74, 6) is 0. The van der Waals surface area contributed by atoms with Crippen LogP contribution in [0.25, 0.3) is 0 Å². The first-order chi connectivity index (χ1) is 12.3. The molecule has 0 amide bonds. The molecule has 0 aromatic heterocycles. The summed E-state index contributed by atoms with van der Waals surface area (Å²) in [4.78, 5) is 0.571. The average molecular weight is 504 g/mol. The molecule has 1 atom stereocenters. The molecule has 0 saturated heterocycles. The summed E-state index contributed by atoms with van der Waals surface area (Å²) < 4.78 is 25.1. The van der Waals surface area contributed by atoms with Crippen molar-refractivity contribution in [3.05, 3.63) is 24.3 Å². The minimum atomic E-state index is -1.85. The van der Waals surface area contributed by atoms with Crippen molar-refractivity contribution in [2.24, 2.45) is 0 Å². The molecule has 0 aliphatic rings. The standard InChI is InChI=1S/C9H14O2SSi.3C4H9.Sn/c1-13(2,3)9-7-5-4-6-8(9)12(10)11;3*1-3-4-2;/h4-7H,1-3H3,(H,10,11);3*1,3-4H2,2H3;. The summed E-state index contributed by atoms with van der Waals surface area (Å²) in [6.07, 6.45) is 8.85. The van der Waals surface area contributed by atoms with Crippen molar-refractivity contribution in [2.75, 3.05) is 0 Å². The Balaban J connectivity index is 0.000000481. The molecule has 1 aromatic rings. The van der Waals surface area contributed by atoms with Crippen LogP contribution in [-0.2, 0) is 11.1 Å². The number of unbranched alkanes of at least 4 members (excludes halogenated alkanes) is 3. The fourth-order valence-electron chi connectivity index (χ4n) is 2.89. The van der Waals surface area contributed by atoms with E-state index >= 15 is 0 Å². The molecule has 0 aliphatic heterocycles. The maximum Gasteiger partial charge on any atom is 0.186 e. The Bertz CT molecular complexity index is 484. The van der Waals surface area contributed by atoms with Crippen LogP contribution in [-0.4, -0.2) is 36.6 Å². The fourth-order valence-corrected chi connectivity index (χ4v) is 15.4. The van der Waals surface area contributed by atoms with Gasteiger partial charge in [0.1, 0.15) is 0 Å². The first-order valence-electron chi connectivity index (χ1n) is 10.3. The van der Waals surface area contributed by atoms with Crippen LogP contribution in [0.2, 0.25) is 33.0 Å². The zero-order valence-corrected chi connectivity index (χ0v) is 22.6. The van der Waals surface area contributed by atoms with Crippen LogP contribution < -0.4 is 5.19 Å². The third kappa shape index (κ3) is 11.9. The minimum Gasteiger partial charge on any atom is -0.302 e. The van der Waals surface area contributed by atoms with Crippen molar-refractivity contribution in [3.63, 3.8) is 0 Å². The summed E-state index contributed by atoms with van der Waals surface area (Å²) in [7, 11) is -1.49. The van der Waals surface area contributed by atoms with E-state index in [1.54, 1.807) is 25.4 Å². The Morgan fingerprint density at radius 1 is 0.885 bits per heavy atom. The van der Waals surface area contributed by atoms with E-state index in [4.69, 9.17) is 4.55 Å². The molecule has 1 rings (SSSR count). The molecule has 26 heavy (non-hydrogen) atoms. The Kier molecular flexibility index (Phi) is 15.5. The first-order valence-corrected chi connectivity index (χ1v) is 21.0. The van der Waals surface area contributed by atoms with Gasteiger partial charge in [-0.3, -0.25) is 0 Å². The zero-order chi connectivity index (χ0) is 20.0. The van der Waals surface area contributed by atoms with E-state index in [1.165, 1.54) is 38.5 Å². The van der Waals surface area contributed by atoms with Crippen LogP contribution in [0.3, 0.4) is 0 Å². The van der Waals surface area contributed by atoms with Gasteiger partial charge in [-0.15, -0.1) is 0 Å². The fraction of sp³-hybridized carbons (Fsp3) is 0.714. The second kappa shape index (κ2) is 15.3. The van der Waals surface area contributed by atoms with Gasteiger partial charge >= 0.3 is 92.4 Å². The van der Waals surface area contributed by atoms with E-state index < -0.39 is 38.9 Å². The summed E-state index contributed by atoms with van der Waals surface area (Å²) in [5, 5.41) is 1.07. The van der Waals surface area contributed by atoms with Gasteiger partial charge < -0.3 is 4.55 Å². The summed E-state index contributed by atoms with van der Waals surface area (Å²) in [5.41, 5.74) is 0. The van der Waals surface area contributed by atoms with Gasteiger partial charge in [-0.2, -0.15) is 0 Å². The van der Waals surface area contributed by atoms with E-state index in [-0.39, 0.29) is 0 Å². The SMILES string of the molecule is CCC[CH2][Sn]([CH2]CCC)[CH2]CCC.C[Si](C)(C)c1ccccc1S(=O)O. The Labute approximate surface area is 173 Å². The molecule has 0 spiro atoms. The van der Waals surface area contributed by atoms with E-state index in [2.05, 4.69) is 40.4 Å². The molecule has 5 heteroatoms. The smallest absolute Gasteiger partial charge is 0.186 e. The van der Waals surface area contributed by atoms with E-state index in [1.807, 2.05) is 12.1 Å². The molecule has 0 bridgehead atoms. The zero-order valence-electron chi connectivity index (χ0n) is 17.9. The Morgan fingerprint density at radius 2 is 1.31 bits per heavy atom. The average Bonchev–Trinajstić information content (AvgIpc) is 2.61. The quantitative estimate of drug-likeness (QED) is 0.269. The summed E-state index contributed by atoms with van der Waals surface area (Å²) >= 11 is -2.69. The third-order valence-electron chi connectivity index (χ3n) is 4.53. The molecule has 0 saturated carbocycles. The van der Waals surface area contributed by atoms with Crippen molar-refractivity contribution in [1.29, 1.82) is 0 Å². The van der Waals surface area contributed by atoms with Crippen molar-refractivity contribution in [3.8, 4) is 0 Å². The van der Waals surface area contributed by atoms with Gasteiger partial charge in [-0.1, -0.05) is 37.8 Å². The Morgan fingerprint density at radius 3 is 1.62 bits per heavy atom. The van der Waals surface area contributed by atoms with E-state index in [9.17, 15) is 4.21 Å². The largest absolute Gasteiger partial charge is 0.302 e. The normalized spacial score (nSPS) is 12.6. The minimum absolute atomic E-state index is 0.571. The van der Waals surface area contributed by atoms with Gasteiger partial charge in [-0.25, -0.2) is 4.21 Å². The number of benzene rings is 1. The molecule has 2 nitrogen and oxygen atoms in total. The molecule has 1 aromatic carbocycles. The number of hydrogen-bond acceptors (Lipinski definition) is 1. The van der Waals surface area contributed by atoms with Gasteiger partial charge in [0, 0.05) is 0 Å². The number of rotatable bonds is 11. The van der Waals surface area contributed by atoms with Crippen molar-refractivity contribution >= 4 is 44.1 Å². The second-order valence-corrected chi connectivity index (χ2v) is 22.6. The third-order valence-corrected chi connectivity index (χ3v) is 16.6. The molecular formula is C21H41O2SSiSn. The summed E-state index contributed by atoms with van der Waals surface area (Å²) in [6, 6.07) is 7.40. The monoisotopic (exact) mass is 505 g/mol. The molecule has 0 fully saturated rings. The van der Waals surface area contributed by atoms with E-state index in [0.29, 0.717) is 4.90 Å². The van der Waals surface area contributed by atoms with Crippen LogP contribution in [0, 0.1) is 0 Å². The molecule has 151 valence electrons. The Hall–Kier alpha value is 0.346. The summed E-state index contributed by atoms with van der Waals surface area (Å²) in [6.45, 7) is 13.5. The predicted molar refractivity (Wildman–Crippen MR) is 123 cm³/mol. The second-order valence-electron chi connectivity index (χ2n) is 8.06. The molecular weight excluding hydrogens is 463 g/mol. The van der Waals surface area contributed by atoms with Crippen molar-refractivity contribution < 1.29 is 8.76 Å². The van der Waals surface area contributed by atoms with Crippen LogP contribution in [0.4, 0.5) is 0 Å². The molecule has 0 aliphatic carbocycles. The van der Waals surface area contributed by atoms with Gasteiger partial charge in [0.05, 0.1) is 13.0 Å². The van der Waals surface area contributed by atoms with Crippen LogP contribution in [0.15, 0.2) is 29.2 Å². The molecule has 1 unspecified atom stereocenters. The number of hydrogen-bond donors (Lipinski definition) is 1. The van der Waals surface area contributed by atoms with E-state index in [0.717, 1.165) is 5.19 Å². The van der Waals surface area contributed by atoms with Crippen LogP contribution in [0.1, 0.15) is 59.3 Å². The maximum atomic E-state index is 11.0. The first kappa shape index (κ1) is 26.3. The van der Waals surface area contributed by atoms with Crippen molar-refractivity contribution in [2.45, 2.75) is 97.1 Å². The van der Waals surface area contributed by atoms with Gasteiger partial charge in [-0.05, 0) is 11.3 Å². The predicted octanol–water partition coefficient (Wildman–Crippen LogP) is 6.69. The topological polar surface area (TPSA) is 37.3 Å². The van der Waals surface area contributed by atoms with Gasteiger partial charge in [0.15, 0.2) is 11.1 Å². The van der Waals surface area contributed by atoms with Crippen LogP contribution in [0.5, 0.6) is 0 Å². The molecule has 1 N–H and O–H groups in total. The maximum absolute atomic E-state index is 11.0. The van der Waals surface area contributed by atoms with Crippen molar-refractivity contribution in [1.82, 2.24) is 0 Å². The van der Waals surface area contributed by atoms with Gasteiger partial charge in [0.25, 0.3) is 0 Å². The van der Waals surface area contributed by atoms with Gasteiger partial charge in [0.2, 0.25) is 0 Å².